The summed E-state index contributed by atoms with van der Waals surface area (Å²) in [5, 5.41) is 2.88. The Bertz CT molecular complexity index is 552. The first-order valence-corrected chi connectivity index (χ1v) is 7.49. The lowest BCUT2D eigenvalue weighted by molar-refractivity contribution is -0.143. The standard InChI is InChI=1S/C12H19N3O4S/c1-3-19-9(16)7-5-4-6-8-20-12-13-10(17)11(18)14-15(12)2/h3-8H2,1-2H3,(H,14,18). The molecule has 0 saturated heterocycles. The average molecular weight is 301 g/mol. The van der Waals surface area contributed by atoms with Gasteiger partial charge in [0.2, 0.25) is 0 Å². The number of unbranched alkanes of at least 4 members (excludes halogenated alkanes) is 2. The first-order valence-electron chi connectivity index (χ1n) is 6.50. The fourth-order valence-corrected chi connectivity index (χ4v) is 2.45. The fourth-order valence-electron chi connectivity index (χ4n) is 1.53. The van der Waals surface area contributed by atoms with Gasteiger partial charge in [0.25, 0.3) is 0 Å². The largest absolute Gasteiger partial charge is 0.466 e. The molecule has 1 N–H and O–H groups in total. The molecular formula is C12H19N3O4S. The van der Waals surface area contributed by atoms with Crippen molar-refractivity contribution in [1.29, 1.82) is 0 Å². The molecule has 0 fully saturated rings. The summed E-state index contributed by atoms with van der Waals surface area (Å²) in [7, 11) is 1.64. The number of thioether (sulfide) groups is 1. The summed E-state index contributed by atoms with van der Waals surface area (Å²) in [6.07, 6.45) is 3.04. The average Bonchev–Trinajstić information content (AvgIpc) is 2.39. The molecule has 0 unspecified atom stereocenters. The zero-order valence-corrected chi connectivity index (χ0v) is 12.5. The smallest absolute Gasteiger partial charge is 0.339 e. The highest BCUT2D eigenvalue weighted by molar-refractivity contribution is 7.99. The van der Waals surface area contributed by atoms with Gasteiger partial charge in [-0.3, -0.25) is 24.2 Å². The summed E-state index contributed by atoms with van der Waals surface area (Å²) in [4.78, 5) is 36.9. The van der Waals surface area contributed by atoms with Crippen molar-refractivity contribution in [2.45, 2.75) is 37.8 Å². The molecule has 1 aromatic heterocycles. The second-order valence-electron chi connectivity index (χ2n) is 4.16. The van der Waals surface area contributed by atoms with Crippen LogP contribution < -0.4 is 11.1 Å². The maximum absolute atomic E-state index is 11.1. The molecule has 1 aromatic rings. The number of rotatable bonds is 8. The van der Waals surface area contributed by atoms with E-state index in [0.29, 0.717) is 18.2 Å². The van der Waals surface area contributed by atoms with Gasteiger partial charge in [-0.25, -0.2) is 0 Å². The molecule has 0 amide bonds. The summed E-state index contributed by atoms with van der Waals surface area (Å²) in [6.45, 7) is 2.20. The second kappa shape index (κ2) is 8.57. The summed E-state index contributed by atoms with van der Waals surface area (Å²) in [5.74, 6) is 0.611. The fraction of sp³-hybridized carbons (Fsp3) is 0.667. The number of esters is 1. The maximum atomic E-state index is 11.1. The van der Waals surface area contributed by atoms with Crippen LogP contribution in [0.4, 0.5) is 0 Å². The predicted octanol–water partition coefficient (Wildman–Crippen LogP) is 0.684. The monoisotopic (exact) mass is 301 g/mol. The Balaban J connectivity index is 2.25. The number of hydrogen-bond donors (Lipinski definition) is 1. The van der Waals surface area contributed by atoms with Crippen LogP contribution in [-0.4, -0.2) is 33.1 Å². The highest BCUT2D eigenvalue weighted by Gasteiger charge is 2.05. The van der Waals surface area contributed by atoms with Crippen LogP contribution in [0.25, 0.3) is 0 Å². The van der Waals surface area contributed by atoms with Crippen molar-refractivity contribution in [2.75, 3.05) is 12.4 Å². The number of ether oxygens (including phenoxy) is 1. The Morgan fingerprint density at radius 1 is 1.35 bits per heavy atom. The molecule has 20 heavy (non-hydrogen) atoms. The summed E-state index contributed by atoms with van der Waals surface area (Å²) < 4.78 is 6.27. The highest BCUT2D eigenvalue weighted by Crippen LogP contribution is 2.14. The first kappa shape index (κ1) is 16.5. The van der Waals surface area contributed by atoms with Crippen molar-refractivity contribution in [1.82, 2.24) is 14.8 Å². The van der Waals surface area contributed by atoms with Crippen LogP contribution in [0.3, 0.4) is 0 Å². The van der Waals surface area contributed by atoms with Gasteiger partial charge in [0.05, 0.1) is 6.61 Å². The van der Waals surface area contributed by atoms with Crippen LogP contribution in [0.15, 0.2) is 14.7 Å². The Morgan fingerprint density at radius 2 is 2.10 bits per heavy atom. The van der Waals surface area contributed by atoms with Crippen LogP contribution in [0.1, 0.15) is 32.6 Å². The van der Waals surface area contributed by atoms with Crippen molar-refractivity contribution in [2.24, 2.45) is 7.05 Å². The van der Waals surface area contributed by atoms with Crippen LogP contribution in [0.5, 0.6) is 0 Å². The van der Waals surface area contributed by atoms with Gasteiger partial charge >= 0.3 is 17.1 Å². The van der Waals surface area contributed by atoms with E-state index in [2.05, 4.69) is 10.1 Å². The molecule has 8 heteroatoms. The third kappa shape index (κ3) is 5.60. The summed E-state index contributed by atoms with van der Waals surface area (Å²) >= 11 is 1.40. The van der Waals surface area contributed by atoms with Crippen molar-refractivity contribution in [3.05, 3.63) is 20.7 Å². The number of nitrogens with one attached hydrogen (secondary N) is 1. The number of aromatic nitrogens is 3. The minimum absolute atomic E-state index is 0.162. The summed E-state index contributed by atoms with van der Waals surface area (Å²) in [6, 6.07) is 0. The molecule has 0 bridgehead atoms. The Kier molecular flexibility index (Phi) is 7.06. The van der Waals surface area contributed by atoms with Crippen molar-refractivity contribution in [3.8, 4) is 0 Å². The number of aromatic amines is 1. The van der Waals surface area contributed by atoms with Gasteiger partial charge in [0.15, 0.2) is 5.16 Å². The Hall–Kier alpha value is -1.57. The zero-order valence-electron chi connectivity index (χ0n) is 11.7. The molecule has 0 aliphatic heterocycles. The number of hydrogen-bond acceptors (Lipinski definition) is 6. The van der Waals surface area contributed by atoms with E-state index in [4.69, 9.17) is 4.74 Å². The minimum atomic E-state index is -0.770. The molecular weight excluding hydrogens is 282 g/mol. The lowest BCUT2D eigenvalue weighted by Crippen LogP contribution is -2.33. The van der Waals surface area contributed by atoms with E-state index in [1.54, 1.807) is 14.0 Å². The SMILES string of the molecule is CCOC(=O)CCCCCSc1nc(=O)c(=O)[nH]n1C. The zero-order chi connectivity index (χ0) is 15.0. The third-order valence-corrected chi connectivity index (χ3v) is 3.63. The third-order valence-electron chi connectivity index (χ3n) is 2.51. The summed E-state index contributed by atoms with van der Waals surface area (Å²) in [5.41, 5.74) is -1.49. The van der Waals surface area contributed by atoms with Gasteiger partial charge in [0, 0.05) is 19.2 Å². The van der Waals surface area contributed by atoms with Crippen molar-refractivity contribution in [3.63, 3.8) is 0 Å². The quantitative estimate of drug-likeness (QED) is 0.328. The highest BCUT2D eigenvalue weighted by atomic mass is 32.2. The number of carbonyl (C=O) groups excluding carboxylic acids is 1. The Labute approximate surface area is 120 Å². The number of aryl methyl sites for hydroxylation is 1. The number of H-pyrrole nitrogens is 1. The second-order valence-corrected chi connectivity index (χ2v) is 5.23. The van der Waals surface area contributed by atoms with Crippen LogP contribution >= 0.6 is 11.8 Å². The molecule has 0 spiro atoms. The number of carbonyl (C=O) groups is 1. The molecule has 0 radical (unpaired) electrons. The molecule has 0 aromatic carbocycles. The molecule has 0 aliphatic carbocycles. The molecule has 7 nitrogen and oxygen atoms in total. The van der Waals surface area contributed by atoms with Gasteiger partial charge in [-0.15, -0.1) is 0 Å². The maximum Gasteiger partial charge on any atom is 0.339 e. The van der Waals surface area contributed by atoms with Crippen molar-refractivity contribution >= 4 is 17.7 Å². The molecule has 0 saturated carbocycles. The van der Waals surface area contributed by atoms with Gasteiger partial charge in [0.1, 0.15) is 0 Å². The topological polar surface area (TPSA) is 94.1 Å². The van der Waals surface area contributed by atoms with Crippen molar-refractivity contribution < 1.29 is 9.53 Å². The van der Waals surface area contributed by atoms with E-state index in [0.717, 1.165) is 25.0 Å². The predicted molar refractivity (Wildman–Crippen MR) is 75.9 cm³/mol. The first-order chi connectivity index (χ1) is 9.54. The van der Waals surface area contributed by atoms with Crippen LogP contribution in [0.2, 0.25) is 0 Å². The molecule has 0 aliphatic rings. The number of nitrogens with zero attached hydrogens (tertiary/aromatic N) is 2. The molecule has 1 heterocycles. The van der Waals surface area contributed by atoms with E-state index >= 15 is 0 Å². The van der Waals surface area contributed by atoms with E-state index in [-0.39, 0.29) is 5.97 Å². The van der Waals surface area contributed by atoms with E-state index in [9.17, 15) is 14.4 Å². The lowest BCUT2D eigenvalue weighted by Gasteiger charge is -2.05. The minimum Gasteiger partial charge on any atom is -0.466 e. The Morgan fingerprint density at radius 3 is 2.80 bits per heavy atom. The lowest BCUT2D eigenvalue weighted by atomic mass is 10.2. The van der Waals surface area contributed by atoms with Crippen LogP contribution in [-0.2, 0) is 16.6 Å². The molecule has 1 rings (SSSR count). The van der Waals surface area contributed by atoms with Crippen LogP contribution in [0, 0.1) is 0 Å². The molecule has 0 atom stereocenters. The van der Waals surface area contributed by atoms with E-state index in [1.807, 2.05) is 0 Å². The van der Waals surface area contributed by atoms with Gasteiger partial charge in [-0.05, 0) is 19.8 Å². The normalized spacial score (nSPS) is 10.5. The van der Waals surface area contributed by atoms with Gasteiger partial charge in [-0.1, -0.05) is 18.2 Å². The molecule has 112 valence electrons. The van der Waals surface area contributed by atoms with Gasteiger partial charge in [-0.2, -0.15) is 4.98 Å². The van der Waals surface area contributed by atoms with Gasteiger partial charge < -0.3 is 4.74 Å². The van der Waals surface area contributed by atoms with E-state index < -0.39 is 11.1 Å². The van der Waals surface area contributed by atoms with E-state index in [1.165, 1.54) is 16.4 Å².